The topological polar surface area (TPSA) is 157 Å². The largest absolute Gasteiger partial charge is 0.506 e. The maximum absolute atomic E-state index is 15.6. The first-order chi connectivity index (χ1) is 16.2. The quantitative estimate of drug-likeness (QED) is 0.537. The third kappa shape index (κ3) is 4.92. The van der Waals surface area contributed by atoms with Gasteiger partial charge in [0.1, 0.15) is 23.6 Å². The van der Waals surface area contributed by atoms with Crippen molar-refractivity contribution in [2.45, 2.75) is 51.7 Å². The van der Waals surface area contributed by atoms with Gasteiger partial charge in [0.25, 0.3) is 5.91 Å². The number of carbonyl (C=O) groups excluding carboxylic acids is 2. The Bertz CT molecular complexity index is 1190. The fourth-order valence-electron chi connectivity index (χ4n) is 4.29. The number of nitrogens with zero attached hydrogens (tertiary/aromatic N) is 3. The van der Waals surface area contributed by atoms with Crippen LogP contribution in [0.4, 0.5) is 25.4 Å². The number of fused-ring (bicyclic) bond motifs is 1. The highest BCUT2D eigenvalue weighted by Crippen LogP contribution is 2.45. The normalized spacial score (nSPS) is 21.0. The van der Waals surface area contributed by atoms with Crippen LogP contribution >= 0.6 is 0 Å². The summed E-state index contributed by atoms with van der Waals surface area (Å²) >= 11 is 0. The van der Waals surface area contributed by atoms with Crippen LogP contribution in [0, 0.1) is 11.7 Å². The fourth-order valence-corrected chi connectivity index (χ4v) is 5.45. The third-order valence-corrected chi connectivity index (χ3v) is 7.27. The summed E-state index contributed by atoms with van der Waals surface area (Å²) in [6, 6.07) is 0.0478. The molecule has 2 fully saturated rings. The lowest BCUT2D eigenvalue weighted by molar-refractivity contribution is -0.117. The first kappa shape index (κ1) is 24.8. The molecule has 2 aliphatic heterocycles. The molecular formula is C21H27FN4O8S. The number of halogens is 1. The Morgan fingerprint density at radius 3 is 2.46 bits per heavy atom. The molecule has 1 aliphatic carbocycles. The number of benzene rings is 1. The number of amides is 3. The van der Waals surface area contributed by atoms with Gasteiger partial charge in [-0.1, -0.05) is 0 Å². The van der Waals surface area contributed by atoms with Gasteiger partial charge < -0.3 is 19.8 Å². The molecule has 12 nitrogen and oxygen atoms in total. The van der Waals surface area contributed by atoms with E-state index in [9.17, 15) is 33.0 Å². The first-order valence-corrected chi connectivity index (χ1v) is 12.5. The van der Waals surface area contributed by atoms with E-state index in [1.165, 1.54) is 4.90 Å². The molecule has 4 rings (SSSR count). The predicted molar refractivity (Wildman–Crippen MR) is 121 cm³/mol. The van der Waals surface area contributed by atoms with Crippen molar-refractivity contribution in [3.63, 3.8) is 0 Å². The summed E-state index contributed by atoms with van der Waals surface area (Å²) < 4.78 is 47.6. The zero-order chi connectivity index (χ0) is 25.9. The van der Waals surface area contributed by atoms with E-state index in [0.29, 0.717) is 10.8 Å². The molecule has 1 aromatic rings. The summed E-state index contributed by atoms with van der Waals surface area (Å²) in [7, 11) is -4.41. The molecule has 0 radical (unpaired) electrons. The lowest BCUT2D eigenvalue weighted by Gasteiger charge is -2.31. The second-order valence-corrected chi connectivity index (χ2v) is 11.5. The van der Waals surface area contributed by atoms with Crippen LogP contribution in [0.3, 0.4) is 0 Å². The molecule has 0 bridgehead atoms. The monoisotopic (exact) mass is 514 g/mol. The van der Waals surface area contributed by atoms with Gasteiger partial charge >= 0.3 is 22.4 Å². The van der Waals surface area contributed by atoms with Crippen LogP contribution in [-0.4, -0.2) is 72.9 Å². The van der Waals surface area contributed by atoms with Crippen molar-refractivity contribution in [1.82, 2.24) is 9.62 Å². The molecule has 14 heteroatoms. The fraction of sp³-hybridized carbons (Fsp3) is 0.571. The van der Waals surface area contributed by atoms with E-state index >= 15 is 4.39 Å². The number of carboxylic acid groups (broad SMARTS) is 1. The van der Waals surface area contributed by atoms with Crippen LogP contribution in [0.1, 0.15) is 39.2 Å². The summed E-state index contributed by atoms with van der Waals surface area (Å²) in [4.78, 5) is 38.8. The molecule has 1 atom stereocenters. The Hall–Kier alpha value is -3.29. The van der Waals surface area contributed by atoms with Crippen LogP contribution < -0.4 is 13.9 Å². The SMILES string of the molecule is CC(C)(C)OC(=O)N(CC1CC1)C[C@H]1Cc2c(cc(O)c(N3CC(=O)NS3(=O)=O)c2F)N1C(=O)O. The molecule has 1 saturated carbocycles. The van der Waals surface area contributed by atoms with E-state index in [1.807, 2.05) is 0 Å². The number of rotatable bonds is 5. The van der Waals surface area contributed by atoms with Gasteiger partial charge in [-0.3, -0.25) is 9.69 Å². The van der Waals surface area contributed by atoms with Crippen LogP contribution in [0.25, 0.3) is 0 Å². The Balaban J connectivity index is 1.67. The number of hydrogen-bond acceptors (Lipinski definition) is 7. The molecule has 3 amide bonds. The Kier molecular flexibility index (Phi) is 5.98. The zero-order valence-corrected chi connectivity index (χ0v) is 20.3. The summed E-state index contributed by atoms with van der Waals surface area (Å²) in [5.41, 5.74) is -1.82. The smallest absolute Gasteiger partial charge is 0.412 e. The van der Waals surface area contributed by atoms with Gasteiger partial charge in [-0.15, -0.1) is 0 Å². The molecule has 192 valence electrons. The molecule has 1 aromatic carbocycles. The Labute approximate surface area is 201 Å². The van der Waals surface area contributed by atoms with Crippen LogP contribution in [0.2, 0.25) is 0 Å². The van der Waals surface area contributed by atoms with Gasteiger partial charge in [-0.25, -0.2) is 23.0 Å². The van der Waals surface area contributed by atoms with Crippen LogP contribution in [0.5, 0.6) is 5.75 Å². The van der Waals surface area contributed by atoms with E-state index in [-0.39, 0.29) is 30.1 Å². The summed E-state index contributed by atoms with van der Waals surface area (Å²) in [5.74, 6) is -2.63. The molecule has 0 spiro atoms. The van der Waals surface area contributed by atoms with Crippen molar-refractivity contribution in [2.24, 2.45) is 5.92 Å². The molecule has 2 heterocycles. The number of aromatic hydroxyl groups is 1. The minimum Gasteiger partial charge on any atom is -0.506 e. The summed E-state index contributed by atoms with van der Waals surface area (Å²) in [5, 5.41) is 20.3. The second-order valence-electron chi connectivity index (χ2n) is 9.93. The molecule has 0 aromatic heterocycles. The van der Waals surface area contributed by atoms with Crippen molar-refractivity contribution < 1.29 is 42.1 Å². The van der Waals surface area contributed by atoms with Crippen molar-refractivity contribution in [3.8, 4) is 5.75 Å². The molecule has 1 saturated heterocycles. The van der Waals surface area contributed by atoms with Crippen molar-refractivity contribution >= 4 is 39.7 Å². The maximum atomic E-state index is 15.6. The first-order valence-electron chi connectivity index (χ1n) is 11.1. The Morgan fingerprint density at radius 2 is 1.94 bits per heavy atom. The van der Waals surface area contributed by atoms with Gasteiger partial charge in [0.2, 0.25) is 0 Å². The van der Waals surface area contributed by atoms with Crippen molar-refractivity contribution in [3.05, 3.63) is 17.4 Å². The van der Waals surface area contributed by atoms with Gasteiger partial charge in [0.15, 0.2) is 5.82 Å². The van der Waals surface area contributed by atoms with Crippen LogP contribution in [0.15, 0.2) is 6.07 Å². The van der Waals surface area contributed by atoms with Gasteiger partial charge in [0.05, 0.1) is 11.7 Å². The van der Waals surface area contributed by atoms with E-state index < -0.39 is 63.7 Å². The van der Waals surface area contributed by atoms with E-state index in [2.05, 4.69) is 0 Å². The minimum absolute atomic E-state index is 0.0933. The number of nitrogens with one attached hydrogen (secondary N) is 1. The number of ether oxygens (including phenoxy) is 1. The number of phenolic OH excluding ortho intramolecular Hbond substituents is 1. The van der Waals surface area contributed by atoms with E-state index in [1.54, 1.807) is 25.5 Å². The number of hydrogen-bond donors (Lipinski definition) is 3. The highest BCUT2D eigenvalue weighted by atomic mass is 32.2. The highest BCUT2D eigenvalue weighted by Gasteiger charge is 2.44. The van der Waals surface area contributed by atoms with Gasteiger partial charge in [0, 0.05) is 31.1 Å². The van der Waals surface area contributed by atoms with Crippen LogP contribution in [-0.2, 0) is 26.2 Å². The highest BCUT2D eigenvalue weighted by molar-refractivity contribution is 7.92. The maximum Gasteiger partial charge on any atom is 0.412 e. The average molecular weight is 515 g/mol. The van der Waals surface area contributed by atoms with E-state index in [0.717, 1.165) is 23.8 Å². The number of carbonyl (C=O) groups is 3. The molecule has 0 unspecified atom stereocenters. The summed E-state index contributed by atoms with van der Waals surface area (Å²) in [6.07, 6.45) is -0.380. The lowest BCUT2D eigenvalue weighted by atomic mass is 10.1. The van der Waals surface area contributed by atoms with Gasteiger partial charge in [-0.2, -0.15) is 8.42 Å². The standard InChI is InChI=1S/C21H27FN4O8S/c1-21(2,3)34-20(31)24(8-11-4-5-11)9-12-6-13-14(26(12)19(29)30)7-15(27)18(17(13)22)25-10-16(28)23-35(25,32)33/h7,11-12,27H,4-6,8-10H2,1-3H3,(H,23,28)(H,29,30)/t12-/m1/s1. The average Bonchev–Trinajstić information content (AvgIpc) is 3.37. The molecule has 3 N–H and O–H groups in total. The Morgan fingerprint density at radius 1 is 1.29 bits per heavy atom. The molecule has 35 heavy (non-hydrogen) atoms. The lowest BCUT2D eigenvalue weighted by Crippen LogP contribution is -2.48. The zero-order valence-electron chi connectivity index (χ0n) is 19.4. The third-order valence-electron chi connectivity index (χ3n) is 5.90. The minimum atomic E-state index is -4.41. The number of phenols is 1. The number of anilines is 2. The molecule has 3 aliphatic rings. The summed E-state index contributed by atoms with van der Waals surface area (Å²) in [6.45, 7) is 4.66. The molecular weight excluding hydrogens is 487 g/mol. The van der Waals surface area contributed by atoms with E-state index in [4.69, 9.17) is 4.74 Å². The predicted octanol–water partition coefficient (Wildman–Crippen LogP) is 1.77. The van der Waals surface area contributed by atoms with Crippen molar-refractivity contribution in [2.75, 3.05) is 28.8 Å². The van der Waals surface area contributed by atoms with Gasteiger partial charge in [-0.05, 0) is 39.5 Å². The van der Waals surface area contributed by atoms with Crippen molar-refractivity contribution in [1.29, 1.82) is 0 Å². The second kappa shape index (κ2) is 8.43.